The molecule has 98 valence electrons. The number of benzene rings is 1. The highest BCUT2D eigenvalue weighted by Gasteiger charge is 2.09. The largest absolute Gasteiger partial charge is 0.297 e. The summed E-state index contributed by atoms with van der Waals surface area (Å²) in [4.78, 5) is 28.0. The molecule has 2 aromatic rings. The van der Waals surface area contributed by atoms with Crippen LogP contribution in [0, 0.1) is 10.5 Å². The Bertz CT molecular complexity index is 650. The van der Waals surface area contributed by atoms with E-state index in [0.717, 1.165) is 5.56 Å². The molecule has 0 unspecified atom stereocenters. The van der Waals surface area contributed by atoms with Gasteiger partial charge in [0, 0.05) is 6.42 Å². The monoisotopic (exact) mass is 368 g/mol. The molecule has 2 rings (SSSR count). The molecule has 0 fully saturated rings. The van der Waals surface area contributed by atoms with Crippen molar-refractivity contribution in [3.63, 3.8) is 0 Å². The van der Waals surface area contributed by atoms with Gasteiger partial charge in [-0.25, -0.2) is 4.98 Å². The van der Waals surface area contributed by atoms with Gasteiger partial charge < -0.3 is 0 Å². The Kier molecular flexibility index (Phi) is 4.47. The molecule has 4 nitrogen and oxygen atoms in total. The van der Waals surface area contributed by atoms with E-state index in [4.69, 9.17) is 0 Å². The van der Waals surface area contributed by atoms with Gasteiger partial charge in [-0.1, -0.05) is 30.3 Å². The summed E-state index contributed by atoms with van der Waals surface area (Å²) in [6.07, 6.45) is 1.76. The molecule has 1 aromatic carbocycles. The van der Waals surface area contributed by atoms with Crippen LogP contribution in [0.2, 0.25) is 0 Å². The number of carbonyl (C=O) groups excluding carboxylic acids is 1. The van der Waals surface area contributed by atoms with Crippen molar-refractivity contribution in [2.24, 2.45) is 0 Å². The van der Waals surface area contributed by atoms with E-state index >= 15 is 0 Å². The Hall–Kier alpha value is -1.50. The van der Waals surface area contributed by atoms with Crippen molar-refractivity contribution in [1.29, 1.82) is 0 Å². The lowest BCUT2D eigenvalue weighted by Crippen LogP contribution is -2.27. The molecule has 0 aliphatic heterocycles. The summed E-state index contributed by atoms with van der Waals surface area (Å²) >= 11 is 1.96. The number of rotatable bonds is 4. The van der Waals surface area contributed by atoms with Crippen molar-refractivity contribution < 1.29 is 4.79 Å². The summed E-state index contributed by atoms with van der Waals surface area (Å²) in [6, 6.07) is 9.50. The van der Waals surface area contributed by atoms with E-state index in [9.17, 15) is 9.59 Å². The summed E-state index contributed by atoms with van der Waals surface area (Å²) in [6.45, 7) is 1.84. The topological polar surface area (TPSA) is 52.0 Å². The number of nitrogens with zero attached hydrogens (tertiary/aromatic N) is 2. The van der Waals surface area contributed by atoms with Gasteiger partial charge in [-0.2, -0.15) is 0 Å². The number of aryl methyl sites for hydroxylation is 1. The zero-order chi connectivity index (χ0) is 13.8. The minimum Gasteiger partial charge on any atom is -0.297 e. The van der Waals surface area contributed by atoms with Crippen molar-refractivity contribution >= 4 is 28.4 Å². The Labute approximate surface area is 124 Å². The highest BCUT2D eigenvalue weighted by Crippen LogP contribution is 2.03. The average Bonchev–Trinajstić information content (AvgIpc) is 2.41. The van der Waals surface area contributed by atoms with Gasteiger partial charge in [0.25, 0.3) is 5.56 Å². The third kappa shape index (κ3) is 3.50. The average molecular weight is 368 g/mol. The molecule has 0 amide bonds. The first-order chi connectivity index (χ1) is 9.08. The molecule has 0 atom stereocenters. The minimum absolute atomic E-state index is 0.00486. The zero-order valence-electron chi connectivity index (χ0n) is 10.5. The number of carbonyl (C=O) groups is 1. The second-order valence-corrected chi connectivity index (χ2v) is 5.36. The fourth-order valence-corrected chi connectivity index (χ4v) is 2.18. The van der Waals surface area contributed by atoms with Crippen LogP contribution < -0.4 is 5.56 Å². The molecule has 0 spiro atoms. The van der Waals surface area contributed by atoms with Gasteiger partial charge in [0.05, 0.1) is 22.1 Å². The Balaban J connectivity index is 2.12. The highest BCUT2D eigenvalue weighted by atomic mass is 127. The lowest BCUT2D eigenvalue weighted by atomic mass is 10.1. The molecular weight excluding hydrogens is 355 g/mol. The van der Waals surface area contributed by atoms with Crippen LogP contribution in [0.5, 0.6) is 0 Å². The Morgan fingerprint density at radius 2 is 2.00 bits per heavy atom. The van der Waals surface area contributed by atoms with Crippen molar-refractivity contribution in [1.82, 2.24) is 9.55 Å². The second-order valence-electron chi connectivity index (χ2n) is 4.28. The number of hydrogen-bond donors (Lipinski definition) is 0. The predicted octanol–water partition coefficient (Wildman–Crippen LogP) is 1.97. The molecule has 0 N–H and O–H groups in total. The summed E-state index contributed by atoms with van der Waals surface area (Å²) in [5.41, 5.74) is 1.49. The van der Waals surface area contributed by atoms with Gasteiger partial charge in [0.2, 0.25) is 0 Å². The van der Waals surface area contributed by atoms with Gasteiger partial charge in [0.1, 0.15) is 0 Å². The summed E-state index contributed by atoms with van der Waals surface area (Å²) in [5, 5.41) is 0. The summed E-state index contributed by atoms with van der Waals surface area (Å²) in [5.74, 6) is -0.00486. The van der Waals surface area contributed by atoms with Crippen LogP contribution in [0.15, 0.2) is 41.5 Å². The molecule has 0 aliphatic rings. The van der Waals surface area contributed by atoms with E-state index in [1.54, 1.807) is 6.92 Å². The van der Waals surface area contributed by atoms with E-state index in [0.29, 0.717) is 15.7 Å². The number of aromatic nitrogens is 2. The van der Waals surface area contributed by atoms with Gasteiger partial charge in [0.15, 0.2) is 5.78 Å². The van der Waals surface area contributed by atoms with E-state index in [1.807, 2.05) is 52.9 Å². The maximum atomic E-state index is 11.9. The normalized spacial score (nSPS) is 10.4. The summed E-state index contributed by atoms with van der Waals surface area (Å²) in [7, 11) is 0. The summed E-state index contributed by atoms with van der Waals surface area (Å²) < 4.78 is 1.92. The van der Waals surface area contributed by atoms with Gasteiger partial charge in [-0.15, -0.1) is 0 Å². The van der Waals surface area contributed by atoms with Crippen LogP contribution in [-0.2, 0) is 17.8 Å². The number of hydrogen-bond acceptors (Lipinski definition) is 3. The van der Waals surface area contributed by atoms with Crippen LogP contribution in [0.4, 0.5) is 0 Å². The van der Waals surface area contributed by atoms with E-state index < -0.39 is 0 Å². The van der Waals surface area contributed by atoms with Crippen molar-refractivity contribution in [3.8, 4) is 0 Å². The first kappa shape index (κ1) is 13.9. The van der Waals surface area contributed by atoms with Gasteiger partial charge in [-0.05, 0) is 35.1 Å². The highest BCUT2D eigenvalue weighted by molar-refractivity contribution is 14.1. The first-order valence-corrected chi connectivity index (χ1v) is 6.93. The van der Waals surface area contributed by atoms with Gasteiger partial charge in [-0.3, -0.25) is 14.2 Å². The van der Waals surface area contributed by atoms with Crippen LogP contribution >= 0.6 is 22.6 Å². The number of halogens is 1. The number of ketones is 1. The quantitative estimate of drug-likeness (QED) is 0.776. The molecule has 1 aromatic heterocycles. The lowest BCUT2D eigenvalue weighted by molar-refractivity contribution is -0.119. The molecular formula is C14H13IN2O2. The molecule has 0 saturated heterocycles. The van der Waals surface area contributed by atoms with Crippen LogP contribution in [-0.4, -0.2) is 15.3 Å². The fourth-order valence-electron chi connectivity index (χ4n) is 1.73. The van der Waals surface area contributed by atoms with Crippen molar-refractivity contribution in [3.05, 3.63) is 61.8 Å². The number of Topliss-reactive ketones (excluding diaryl/α,β-unsaturated/α-hetero) is 1. The Morgan fingerprint density at radius 3 is 2.68 bits per heavy atom. The first-order valence-electron chi connectivity index (χ1n) is 5.85. The van der Waals surface area contributed by atoms with E-state index in [-0.39, 0.29) is 17.9 Å². The minimum atomic E-state index is -0.158. The SMILES string of the molecule is Cc1ncn(CC(=O)Cc2ccccc2)c(=O)c1I. The standard InChI is InChI=1S/C14H13IN2O2/c1-10-13(15)14(19)17(9-16-10)8-12(18)7-11-5-3-2-4-6-11/h2-6,9H,7-8H2,1H3. The van der Waals surface area contributed by atoms with Crippen LogP contribution in [0.25, 0.3) is 0 Å². The molecule has 5 heteroatoms. The van der Waals surface area contributed by atoms with Gasteiger partial charge >= 0.3 is 0 Å². The Morgan fingerprint density at radius 1 is 1.32 bits per heavy atom. The third-order valence-electron chi connectivity index (χ3n) is 2.75. The van der Waals surface area contributed by atoms with Crippen LogP contribution in [0.3, 0.4) is 0 Å². The molecule has 0 radical (unpaired) electrons. The fraction of sp³-hybridized carbons (Fsp3) is 0.214. The molecule has 1 heterocycles. The maximum Gasteiger partial charge on any atom is 0.267 e. The van der Waals surface area contributed by atoms with Crippen molar-refractivity contribution in [2.75, 3.05) is 0 Å². The smallest absolute Gasteiger partial charge is 0.267 e. The molecule has 19 heavy (non-hydrogen) atoms. The lowest BCUT2D eigenvalue weighted by Gasteiger charge is -2.06. The molecule has 0 bridgehead atoms. The van der Waals surface area contributed by atoms with Crippen molar-refractivity contribution in [2.45, 2.75) is 19.9 Å². The third-order valence-corrected chi connectivity index (χ3v) is 3.99. The maximum absolute atomic E-state index is 11.9. The predicted molar refractivity (Wildman–Crippen MR) is 81.1 cm³/mol. The van der Waals surface area contributed by atoms with E-state index in [2.05, 4.69) is 4.98 Å². The second kappa shape index (κ2) is 6.10. The van der Waals surface area contributed by atoms with Crippen LogP contribution in [0.1, 0.15) is 11.3 Å². The molecule has 0 aliphatic carbocycles. The van der Waals surface area contributed by atoms with E-state index in [1.165, 1.54) is 10.9 Å². The zero-order valence-corrected chi connectivity index (χ0v) is 12.6. The molecule has 0 saturated carbocycles.